The molecule has 0 saturated carbocycles. The zero-order chi connectivity index (χ0) is 12.4. The molecule has 0 bridgehead atoms. The predicted octanol–water partition coefficient (Wildman–Crippen LogP) is 2.45. The smallest absolute Gasteiger partial charge is 0.101 e. The molecule has 0 amide bonds. The van der Waals surface area contributed by atoms with E-state index in [1.165, 1.54) is 23.9 Å². The molecule has 1 aromatic rings. The molecule has 2 heterocycles. The van der Waals surface area contributed by atoms with Gasteiger partial charge in [-0.1, -0.05) is 0 Å². The maximum absolute atomic E-state index is 9.15. The van der Waals surface area contributed by atoms with Crippen LogP contribution in [0, 0.1) is 11.3 Å². The first-order valence-corrected chi connectivity index (χ1v) is 6.93. The summed E-state index contributed by atoms with van der Waals surface area (Å²) in [4.78, 5) is 6.21. The minimum atomic E-state index is 0.634. The fourth-order valence-electron chi connectivity index (χ4n) is 1.65. The van der Waals surface area contributed by atoms with Crippen molar-refractivity contribution in [1.29, 1.82) is 5.26 Å². The third-order valence-electron chi connectivity index (χ3n) is 2.50. The molecule has 5 nitrogen and oxygen atoms in total. The Hall–Kier alpha value is -1.59. The van der Waals surface area contributed by atoms with Crippen LogP contribution in [0.2, 0.25) is 0 Å². The van der Waals surface area contributed by atoms with Crippen molar-refractivity contribution in [2.24, 2.45) is 0 Å². The third kappa shape index (κ3) is 2.07. The van der Waals surface area contributed by atoms with Gasteiger partial charge in [0.1, 0.15) is 6.07 Å². The number of rotatable bonds is 2. The van der Waals surface area contributed by atoms with E-state index < -0.39 is 0 Å². The van der Waals surface area contributed by atoms with Gasteiger partial charge in [0.15, 0.2) is 0 Å². The van der Waals surface area contributed by atoms with Crippen molar-refractivity contribution in [1.82, 2.24) is 9.66 Å². The van der Waals surface area contributed by atoms with Crippen LogP contribution in [0.15, 0.2) is 41.4 Å². The molecule has 0 aromatic heterocycles. The van der Waals surface area contributed by atoms with Crippen LogP contribution in [0.25, 0.3) is 0 Å². The van der Waals surface area contributed by atoms with Crippen LogP contribution >= 0.6 is 23.9 Å². The number of nitriles is 1. The third-order valence-corrected chi connectivity index (χ3v) is 3.62. The Morgan fingerprint density at radius 3 is 2.39 bits per heavy atom. The molecule has 3 rings (SSSR count). The Bertz CT molecular complexity index is 563. The van der Waals surface area contributed by atoms with E-state index in [1.54, 1.807) is 0 Å². The molecule has 2 aliphatic heterocycles. The number of anilines is 2. The molecule has 0 fully saturated rings. The number of nitrogens with zero attached hydrogens (tertiary/aromatic N) is 3. The van der Waals surface area contributed by atoms with Gasteiger partial charge in [-0.25, -0.2) is 0 Å². The van der Waals surface area contributed by atoms with Crippen molar-refractivity contribution in [3.8, 4) is 6.07 Å². The maximum Gasteiger partial charge on any atom is 0.101 e. The normalized spacial score (nSPS) is 17.5. The standard InChI is InChI=1S/C11H9N5S2/c12-8-9-1-2-10(15-3-5-17-13-15)7-11(9)16-4-6-18-14-16/h1-7,13-14H. The van der Waals surface area contributed by atoms with E-state index in [4.69, 9.17) is 5.26 Å². The van der Waals surface area contributed by atoms with Gasteiger partial charge in [0.05, 0.1) is 16.9 Å². The number of hydrogen-bond donors (Lipinski definition) is 2. The van der Waals surface area contributed by atoms with Gasteiger partial charge < -0.3 is 0 Å². The maximum atomic E-state index is 9.15. The molecule has 0 spiro atoms. The molecule has 0 atom stereocenters. The summed E-state index contributed by atoms with van der Waals surface area (Å²) in [5.74, 6) is 0. The largest absolute Gasteiger partial charge is 0.274 e. The second kappa shape index (κ2) is 4.96. The van der Waals surface area contributed by atoms with Crippen LogP contribution in [0.4, 0.5) is 11.4 Å². The first-order chi connectivity index (χ1) is 8.88. The van der Waals surface area contributed by atoms with Crippen LogP contribution in [-0.2, 0) is 0 Å². The quantitative estimate of drug-likeness (QED) is 0.804. The van der Waals surface area contributed by atoms with Gasteiger partial charge in [0.25, 0.3) is 0 Å². The van der Waals surface area contributed by atoms with Crippen molar-refractivity contribution >= 4 is 35.3 Å². The van der Waals surface area contributed by atoms with Crippen LogP contribution in [0.5, 0.6) is 0 Å². The molecular weight excluding hydrogens is 266 g/mol. The zero-order valence-electron chi connectivity index (χ0n) is 9.20. The summed E-state index contributed by atoms with van der Waals surface area (Å²) >= 11 is 2.98. The summed E-state index contributed by atoms with van der Waals surface area (Å²) in [7, 11) is 0. The molecular formula is C11H9N5S2. The van der Waals surface area contributed by atoms with E-state index >= 15 is 0 Å². The van der Waals surface area contributed by atoms with Gasteiger partial charge in [-0.3, -0.25) is 10.0 Å². The highest BCUT2D eigenvalue weighted by molar-refractivity contribution is 8.00. The zero-order valence-corrected chi connectivity index (χ0v) is 10.8. The Morgan fingerprint density at radius 2 is 1.78 bits per heavy atom. The average molecular weight is 275 g/mol. The summed E-state index contributed by atoms with van der Waals surface area (Å²) < 4.78 is 0. The summed E-state index contributed by atoms with van der Waals surface area (Å²) in [5.41, 5.74) is 2.45. The van der Waals surface area contributed by atoms with Crippen molar-refractivity contribution in [3.05, 3.63) is 47.0 Å². The minimum Gasteiger partial charge on any atom is -0.274 e. The molecule has 18 heavy (non-hydrogen) atoms. The SMILES string of the molecule is N#Cc1ccc(N2C=CSN2)cc1N1C=CSN1. The number of hydrogen-bond acceptors (Lipinski definition) is 7. The minimum absolute atomic E-state index is 0.634. The Kier molecular flexibility index (Phi) is 3.17. The molecule has 0 saturated heterocycles. The predicted molar refractivity (Wildman–Crippen MR) is 75.8 cm³/mol. The first kappa shape index (κ1) is 11.5. The van der Waals surface area contributed by atoms with Crippen LogP contribution in [-0.4, -0.2) is 0 Å². The Balaban J connectivity index is 1.99. The molecule has 0 unspecified atom stereocenters. The van der Waals surface area contributed by atoms with Crippen molar-refractivity contribution in [2.75, 3.05) is 10.0 Å². The summed E-state index contributed by atoms with van der Waals surface area (Å²) in [5, 5.41) is 16.8. The van der Waals surface area contributed by atoms with Crippen molar-refractivity contribution < 1.29 is 0 Å². The summed E-state index contributed by atoms with van der Waals surface area (Å²) in [6.45, 7) is 0. The highest BCUT2D eigenvalue weighted by atomic mass is 32.2. The number of hydrazine groups is 2. The van der Waals surface area contributed by atoms with E-state index in [9.17, 15) is 0 Å². The summed E-state index contributed by atoms with van der Waals surface area (Å²) in [6.07, 6.45) is 3.84. The van der Waals surface area contributed by atoms with E-state index in [1.807, 2.05) is 51.4 Å². The second-order valence-electron chi connectivity index (χ2n) is 3.54. The molecule has 1 aromatic carbocycles. The van der Waals surface area contributed by atoms with Gasteiger partial charge in [-0.2, -0.15) is 14.9 Å². The second-order valence-corrected chi connectivity index (χ2v) is 4.92. The van der Waals surface area contributed by atoms with Crippen molar-refractivity contribution in [3.63, 3.8) is 0 Å². The highest BCUT2D eigenvalue weighted by Gasteiger charge is 2.15. The van der Waals surface area contributed by atoms with Gasteiger partial charge in [-0.05, 0) is 42.1 Å². The summed E-state index contributed by atoms with van der Waals surface area (Å²) in [6, 6.07) is 7.90. The topological polar surface area (TPSA) is 54.3 Å². The lowest BCUT2D eigenvalue weighted by atomic mass is 10.1. The Morgan fingerprint density at radius 1 is 1.06 bits per heavy atom. The average Bonchev–Trinajstić information content (AvgIpc) is 3.11. The van der Waals surface area contributed by atoms with Crippen LogP contribution in [0.3, 0.4) is 0 Å². The number of benzene rings is 1. The van der Waals surface area contributed by atoms with E-state index in [2.05, 4.69) is 15.7 Å². The van der Waals surface area contributed by atoms with Gasteiger partial charge in [0, 0.05) is 23.2 Å². The Labute approximate surface area is 113 Å². The van der Waals surface area contributed by atoms with E-state index in [0.29, 0.717) is 5.56 Å². The van der Waals surface area contributed by atoms with E-state index in [0.717, 1.165) is 11.4 Å². The van der Waals surface area contributed by atoms with Crippen LogP contribution < -0.4 is 19.7 Å². The lowest BCUT2D eigenvalue weighted by Gasteiger charge is -2.20. The fraction of sp³-hybridized carbons (Fsp3) is 0. The van der Waals surface area contributed by atoms with Crippen LogP contribution in [0.1, 0.15) is 5.56 Å². The fourth-order valence-corrected chi connectivity index (χ4v) is 2.69. The van der Waals surface area contributed by atoms with Gasteiger partial charge >= 0.3 is 0 Å². The number of nitrogens with one attached hydrogen (secondary N) is 2. The lowest BCUT2D eigenvalue weighted by Crippen LogP contribution is -2.26. The molecule has 2 N–H and O–H groups in total. The molecule has 2 aliphatic rings. The molecule has 0 aliphatic carbocycles. The highest BCUT2D eigenvalue weighted by Crippen LogP contribution is 2.29. The van der Waals surface area contributed by atoms with Gasteiger partial charge in [0.2, 0.25) is 0 Å². The lowest BCUT2D eigenvalue weighted by molar-refractivity contribution is 0.983. The monoisotopic (exact) mass is 275 g/mol. The molecule has 7 heteroatoms. The molecule has 0 radical (unpaired) electrons. The van der Waals surface area contributed by atoms with Gasteiger partial charge in [-0.15, -0.1) is 0 Å². The van der Waals surface area contributed by atoms with E-state index in [-0.39, 0.29) is 0 Å². The first-order valence-electron chi connectivity index (χ1n) is 5.17. The van der Waals surface area contributed by atoms with Crippen molar-refractivity contribution in [2.45, 2.75) is 0 Å². The molecule has 90 valence electrons.